The summed E-state index contributed by atoms with van der Waals surface area (Å²) in [6, 6.07) is 29.7. The molecule has 0 aromatic heterocycles. The Kier molecular flexibility index (Phi) is 12.6. The largest absolute Gasteiger partial charge is 0.454 e. The van der Waals surface area contributed by atoms with E-state index in [9.17, 15) is 4.79 Å². The zero-order valence-corrected chi connectivity index (χ0v) is 23.6. The number of rotatable bonds is 16. The summed E-state index contributed by atoms with van der Waals surface area (Å²) in [5.74, 6) is -0.452. The molecular formula is C34H40O7. The quantitative estimate of drug-likeness (QED) is 0.121. The predicted molar refractivity (Wildman–Crippen MR) is 156 cm³/mol. The average Bonchev–Trinajstić information content (AvgIpc) is 3.00. The van der Waals surface area contributed by atoms with E-state index in [1.807, 2.05) is 97.1 Å². The lowest BCUT2D eigenvalue weighted by atomic mass is 9.97. The summed E-state index contributed by atoms with van der Waals surface area (Å²) in [6.07, 6.45) is -0.121. The lowest BCUT2D eigenvalue weighted by Crippen LogP contribution is -2.62. The predicted octanol–water partition coefficient (Wildman–Crippen LogP) is 6.01. The van der Waals surface area contributed by atoms with Gasteiger partial charge in [-0.3, -0.25) is 4.79 Å². The van der Waals surface area contributed by atoms with Crippen LogP contribution in [0.25, 0.3) is 0 Å². The SMILES string of the molecule is C=CCCCO[C@H]1OC(COCc2ccccc2)[C@@H](OCc2ccccc2)[C@H](OCc2ccccc2)C1OC(C)=O. The lowest BCUT2D eigenvalue weighted by Gasteiger charge is -2.45. The van der Waals surface area contributed by atoms with Gasteiger partial charge in [0.2, 0.25) is 0 Å². The summed E-state index contributed by atoms with van der Waals surface area (Å²) >= 11 is 0. The van der Waals surface area contributed by atoms with Gasteiger partial charge in [0.05, 0.1) is 33.0 Å². The van der Waals surface area contributed by atoms with Gasteiger partial charge in [-0.1, -0.05) is 97.1 Å². The Morgan fingerprint density at radius 3 is 1.83 bits per heavy atom. The van der Waals surface area contributed by atoms with Crippen LogP contribution in [-0.2, 0) is 53.0 Å². The summed E-state index contributed by atoms with van der Waals surface area (Å²) < 4.78 is 37.5. The van der Waals surface area contributed by atoms with Crippen LogP contribution in [0.2, 0.25) is 0 Å². The van der Waals surface area contributed by atoms with Crippen LogP contribution in [0.5, 0.6) is 0 Å². The molecule has 3 aromatic rings. The average molecular weight is 561 g/mol. The van der Waals surface area contributed by atoms with Crippen molar-refractivity contribution in [3.63, 3.8) is 0 Å². The number of allylic oxidation sites excluding steroid dienone is 1. The van der Waals surface area contributed by atoms with Crippen LogP contribution in [0, 0.1) is 0 Å². The van der Waals surface area contributed by atoms with E-state index in [1.165, 1.54) is 6.92 Å². The fourth-order valence-corrected chi connectivity index (χ4v) is 4.68. The molecule has 1 heterocycles. The molecule has 0 aliphatic carbocycles. The molecule has 7 nitrogen and oxygen atoms in total. The van der Waals surface area contributed by atoms with E-state index in [-0.39, 0.29) is 6.61 Å². The summed E-state index contributed by atoms with van der Waals surface area (Å²) in [4.78, 5) is 12.3. The van der Waals surface area contributed by atoms with E-state index in [4.69, 9.17) is 28.4 Å². The van der Waals surface area contributed by atoms with E-state index in [1.54, 1.807) is 0 Å². The van der Waals surface area contributed by atoms with E-state index in [2.05, 4.69) is 6.58 Å². The molecule has 41 heavy (non-hydrogen) atoms. The standard InChI is InChI=1S/C34H40O7/c1-3-4-14-21-37-34-33(40-26(2)35)32(39-24-29-19-12-7-13-20-29)31(38-23-28-17-10-6-11-18-28)30(41-34)25-36-22-27-15-8-5-9-16-27/h3,5-13,15-20,30-34H,1,4,14,21-25H2,2H3/t30?,31-,32+,33?,34+/m1/s1. The Balaban J connectivity index is 1.59. The Morgan fingerprint density at radius 2 is 1.29 bits per heavy atom. The van der Waals surface area contributed by atoms with Gasteiger partial charge in [-0.2, -0.15) is 0 Å². The highest BCUT2D eigenvalue weighted by Crippen LogP contribution is 2.31. The maximum Gasteiger partial charge on any atom is 0.303 e. The highest BCUT2D eigenvalue weighted by molar-refractivity contribution is 5.66. The van der Waals surface area contributed by atoms with Gasteiger partial charge in [0.15, 0.2) is 12.4 Å². The number of carbonyl (C=O) groups is 1. The second-order valence-corrected chi connectivity index (χ2v) is 9.94. The molecule has 218 valence electrons. The summed E-state index contributed by atoms with van der Waals surface area (Å²) in [6.45, 7) is 6.84. The molecule has 5 atom stereocenters. The zero-order chi connectivity index (χ0) is 28.7. The van der Waals surface area contributed by atoms with Crippen molar-refractivity contribution >= 4 is 5.97 Å². The molecule has 2 unspecified atom stereocenters. The fraction of sp³-hybridized carbons (Fsp3) is 0.382. The molecule has 0 N–H and O–H groups in total. The summed E-state index contributed by atoms with van der Waals surface area (Å²) in [7, 11) is 0. The topological polar surface area (TPSA) is 72.5 Å². The normalized spacial score (nSPS) is 22.2. The van der Waals surface area contributed by atoms with Crippen molar-refractivity contribution in [3.05, 3.63) is 120 Å². The van der Waals surface area contributed by atoms with Crippen molar-refractivity contribution in [1.82, 2.24) is 0 Å². The highest BCUT2D eigenvalue weighted by Gasteiger charge is 2.50. The Bertz CT molecular complexity index is 1160. The number of ether oxygens (including phenoxy) is 6. The molecule has 1 aliphatic heterocycles. The Morgan fingerprint density at radius 1 is 0.756 bits per heavy atom. The number of hydrogen-bond donors (Lipinski definition) is 0. The number of carbonyl (C=O) groups excluding carboxylic acids is 1. The summed E-state index contributed by atoms with van der Waals surface area (Å²) in [5.41, 5.74) is 3.05. The molecule has 0 saturated carbocycles. The van der Waals surface area contributed by atoms with Crippen molar-refractivity contribution in [2.75, 3.05) is 13.2 Å². The third-order valence-electron chi connectivity index (χ3n) is 6.69. The second kappa shape index (κ2) is 16.8. The van der Waals surface area contributed by atoms with Gasteiger partial charge < -0.3 is 28.4 Å². The van der Waals surface area contributed by atoms with Crippen LogP contribution >= 0.6 is 0 Å². The minimum absolute atomic E-state index is 0.235. The van der Waals surface area contributed by atoms with Crippen LogP contribution < -0.4 is 0 Å². The van der Waals surface area contributed by atoms with Crippen molar-refractivity contribution in [3.8, 4) is 0 Å². The van der Waals surface area contributed by atoms with Crippen LogP contribution in [0.4, 0.5) is 0 Å². The van der Waals surface area contributed by atoms with E-state index in [0.717, 1.165) is 29.5 Å². The van der Waals surface area contributed by atoms with Gasteiger partial charge in [-0.25, -0.2) is 0 Å². The molecular weight excluding hydrogens is 520 g/mol. The molecule has 0 radical (unpaired) electrons. The number of unbranched alkanes of at least 4 members (excludes halogenated alkanes) is 1. The van der Waals surface area contributed by atoms with Gasteiger partial charge >= 0.3 is 5.97 Å². The van der Waals surface area contributed by atoms with Gasteiger partial charge in [0.1, 0.15) is 18.3 Å². The molecule has 4 rings (SSSR count). The van der Waals surface area contributed by atoms with Crippen LogP contribution in [-0.4, -0.2) is 49.9 Å². The van der Waals surface area contributed by atoms with Gasteiger partial charge in [-0.15, -0.1) is 6.58 Å². The Hall–Kier alpha value is -3.33. The van der Waals surface area contributed by atoms with Crippen molar-refractivity contribution < 1.29 is 33.2 Å². The first-order chi connectivity index (χ1) is 20.1. The van der Waals surface area contributed by atoms with Crippen molar-refractivity contribution in [2.45, 2.75) is 70.3 Å². The van der Waals surface area contributed by atoms with Gasteiger partial charge in [0.25, 0.3) is 0 Å². The van der Waals surface area contributed by atoms with Crippen LogP contribution in [0.3, 0.4) is 0 Å². The minimum Gasteiger partial charge on any atom is -0.454 e. The smallest absolute Gasteiger partial charge is 0.303 e. The zero-order valence-electron chi connectivity index (χ0n) is 23.6. The van der Waals surface area contributed by atoms with Crippen molar-refractivity contribution in [1.29, 1.82) is 0 Å². The van der Waals surface area contributed by atoms with Crippen molar-refractivity contribution in [2.24, 2.45) is 0 Å². The first-order valence-electron chi connectivity index (χ1n) is 14.1. The first kappa shape index (κ1) is 30.6. The molecule has 1 aliphatic rings. The van der Waals surface area contributed by atoms with Crippen LogP contribution in [0.1, 0.15) is 36.5 Å². The number of esters is 1. The molecule has 1 fully saturated rings. The van der Waals surface area contributed by atoms with E-state index in [0.29, 0.717) is 26.4 Å². The molecule has 7 heteroatoms. The molecule has 0 bridgehead atoms. The fourth-order valence-electron chi connectivity index (χ4n) is 4.68. The minimum atomic E-state index is -0.855. The summed E-state index contributed by atoms with van der Waals surface area (Å²) in [5, 5.41) is 0. The number of hydrogen-bond acceptors (Lipinski definition) is 7. The molecule has 0 spiro atoms. The second-order valence-electron chi connectivity index (χ2n) is 9.94. The molecule has 0 amide bonds. The van der Waals surface area contributed by atoms with Gasteiger partial charge in [0, 0.05) is 6.92 Å². The maximum absolute atomic E-state index is 12.3. The Labute approximate surface area is 243 Å². The third-order valence-corrected chi connectivity index (χ3v) is 6.69. The maximum atomic E-state index is 12.3. The number of benzene rings is 3. The monoisotopic (exact) mass is 560 g/mol. The van der Waals surface area contributed by atoms with E-state index < -0.39 is 36.7 Å². The lowest BCUT2D eigenvalue weighted by molar-refractivity contribution is -0.321. The third kappa shape index (κ3) is 9.92. The molecule has 3 aromatic carbocycles. The first-order valence-corrected chi connectivity index (χ1v) is 14.1. The highest BCUT2D eigenvalue weighted by atomic mass is 16.7. The van der Waals surface area contributed by atoms with Crippen LogP contribution in [0.15, 0.2) is 104 Å². The van der Waals surface area contributed by atoms with Gasteiger partial charge in [-0.05, 0) is 29.5 Å². The molecule has 1 saturated heterocycles. The van der Waals surface area contributed by atoms with E-state index >= 15 is 0 Å².